The molecule has 31 heavy (non-hydrogen) atoms. The van der Waals surface area contributed by atoms with E-state index < -0.39 is 0 Å². The zero-order chi connectivity index (χ0) is 21.6. The van der Waals surface area contributed by atoms with Gasteiger partial charge in [-0.3, -0.25) is 0 Å². The Morgan fingerprint density at radius 3 is 2.26 bits per heavy atom. The molecular weight excluding hydrogens is 402 g/mol. The minimum Gasteiger partial charge on any atom is -0.492 e. The van der Waals surface area contributed by atoms with Crippen LogP contribution in [0.3, 0.4) is 0 Å². The van der Waals surface area contributed by atoms with Gasteiger partial charge in [0.25, 0.3) is 0 Å². The van der Waals surface area contributed by atoms with Gasteiger partial charge in [-0.25, -0.2) is 0 Å². The maximum atomic E-state index is 6.17. The number of hydrogen-bond donors (Lipinski definition) is 0. The number of aryl methyl sites for hydroxylation is 1. The number of halogens is 1. The molecule has 2 atom stereocenters. The van der Waals surface area contributed by atoms with Crippen molar-refractivity contribution in [3.63, 3.8) is 0 Å². The van der Waals surface area contributed by atoms with E-state index in [2.05, 4.69) is 79.4 Å². The number of hydrogen-bond acceptors (Lipinski definition) is 2. The summed E-state index contributed by atoms with van der Waals surface area (Å²) in [6.45, 7) is 8.19. The molecule has 3 heteroatoms. The van der Waals surface area contributed by atoms with E-state index >= 15 is 0 Å². The van der Waals surface area contributed by atoms with Gasteiger partial charge in [0.15, 0.2) is 0 Å². The molecule has 0 aromatic heterocycles. The molecule has 162 valence electrons. The summed E-state index contributed by atoms with van der Waals surface area (Å²) >= 11 is 6.17. The Bertz CT molecular complexity index is 963. The van der Waals surface area contributed by atoms with Gasteiger partial charge in [0.1, 0.15) is 12.4 Å². The molecule has 2 unspecified atom stereocenters. The Balaban J connectivity index is 1.57. The molecule has 0 N–H and O–H groups in total. The summed E-state index contributed by atoms with van der Waals surface area (Å²) in [4.78, 5) is 2.38. The van der Waals surface area contributed by atoms with Gasteiger partial charge in [-0.05, 0) is 78.4 Å². The van der Waals surface area contributed by atoms with Crippen molar-refractivity contribution in [2.75, 3.05) is 26.2 Å². The van der Waals surface area contributed by atoms with Gasteiger partial charge in [-0.15, -0.1) is 0 Å². The van der Waals surface area contributed by atoms with Crippen molar-refractivity contribution in [2.45, 2.75) is 38.5 Å². The Kier molecular flexibility index (Phi) is 7.32. The van der Waals surface area contributed by atoms with E-state index in [0.717, 1.165) is 49.9 Å². The summed E-state index contributed by atoms with van der Waals surface area (Å²) in [6, 6.07) is 26.1. The van der Waals surface area contributed by atoms with E-state index in [1.54, 1.807) is 0 Å². The van der Waals surface area contributed by atoms with Crippen LogP contribution in [0.1, 0.15) is 54.4 Å². The average molecular weight is 434 g/mol. The van der Waals surface area contributed by atoms with Crippen LogP contribution < -0.4 is 4.74 Å². The largest absolute Gasteiger partial charge is 0.492 e. The smallest absolute Gasteiger partial charge is 0.119 e. The lowest BCUT2D eigenvalue weighted by atomic mass is 9.69. The van der Waals surface area contributed by atoms with Crippen molar-refractivity contribution >= 4 is 11.6 Å². The van der Waals surface area contributed by atoms with Gasteiger partial charge in [-0.1, -0.05) is 74.0 Å². The molecule has 0 aliphatic heterocycles. The Morgan fingerprint density at radius 1 is 0.871 bits per heavy atom. The highest BCUT2D eigenvalue weighted by Gasteiger charge is 2.31. The molecule has 1 aliphatic rings. The molecule has 0 saturated heterocycles. The number of ether oxygens (including phenoxy) is 1. The van der Waals surface area contributed by atoms with Crippen molar-refractivity contribution in [1.29, 1.82) is 0 Å². The molecule has 3 aromatic rings. The number of fused-ring (bicyclic) bond motifs is 1. The fraction of sp³-hybridized carbons (Fsp3) is 0.357. The fourth-order valence-corrected chi connectivity index (χ4v) is 4.97. The van der Waals surface area contributed by atoms with Crippen LogP contribution in [0.25, 0.3) is 0 Å². The first-order valence-corrected chi connectivity index (χ1v) is 11.9. The van der Waals surface area contributed by atoms with E-state index in [0.29, 0.717) is 11.8 Å². The molecule has 4 rings (SSSR count). The van der Waals surface area contributed by atoms with Crippen molar-refractivity contribution in [3.05, 3.63) is 100 Å². The number of nitrogens with zero attached hydrogens (tertiary/aromatic N) is 1. The van der Waals surface area contributed by atoms with Crippen molar-refractivity contribution < 1.29 is 4.74 Å². The summed E-state index contributed by atoms with van der Waals surface area (Å²) in [5, 5.41) is 0.794. The minimum atomic E-state index is 0.343. The summed E-state index contributed by atoms with van der Waals surface area (Å²) < 4.78 is 6.02. The lowest BCUT2D eigenvalue weighted by Crippen LogP contribution is -2.27. The van der Waals surface area contributed by atoms with E-state index in [1.165, 1.54) is 22.3 Å². The zero-order valence-corrected chi connectivity index (χ0v) is 19.3. The third kappa shape index (κ3) is 5.14. The van der Waals surface area contributed by atoms with Crippen LogP contribution in [0, 0.1) is 0 Å². The SMILES string of the molecule is CCN(CC)CCOc1ccc(C2c3ccccc3CCC2c2ccc(Cl)cc2)cc1. The number of rotatable bonds is 8. The van der Waals surface area contributed by atoms with E-state index in [1.807, 2.05) is 12.1 Å². The van der Waals surface area contributed by atoms with Crippen molar-refractivity contribution in [1.82, 2.24) is 4.90 Å². The highest BCUT2D eigenvalue weighted by atomic mass is 35.5. The lowest BCUT2D eigenvalue weighted by molar-refractivity contribution is 0.223. The monoisotopic (exact) mass is 433 g/mol. The van der Waals surface area contributed by atoms with Crippen LogP contribution in [-0.2, 0) is 6.42 Å². The number of likely N-dealkylation sites (N-methyl/N-ethyl adjacent to an activating group) is 1. The molecule has 0 bridgehead atoms. The molecular formula is C28H32ClNO. The van der Waals surface area contributed by atoms with Crippen molar-refractivity contribution in [3.8, 4) is 5.75 Å². The second kappa shape index (κ2) is 10.3. The third-order valence-corrected chi connectivity index (χ3v) is 6.88. The molecule has 0 saturated carbocycles. The Morgan fingerprint density at radius 2 is 1.55 bits per heavy atom. The lowest BCUT2D eigenvalue weighted by Gasteiger charge is -2.34. The van der Waals surface area contributed by atoms with Crippen molar-refractivity contribution in [2.24, 2.45) is 0 Å². The Hall–Kier alpha value is -2.29. The standard InChI is InChI=1S/C28H32ClNO/c1-3-30(4-2)19-20-31-25-16-11-23(12-17-25)28-26-8-6-5-7-21(26)13-18-27(28)22-9-14-24(29)15-10-22/h5-12,14-17,27-28H,3-4,13,18-20H2,1-2H3. The summed E-state index contributed by atoms with van der Waals surface area (Å²) in [6.07, 6.45) is 2.26. The summed E-state index contributed by atoms with van der Waals surface area (Å²) in [7, 11) is 0. The summed E-state index contributed by atoms with van der Waals surface area (Å²) in [5.41, 5.74) is 5.63. The molecule has 0 fully saturated rings. The first kappa shape index (κ1) is 21.9. The molecule has 3 aromatic carbocycles. The molecule has 0 amide bonds. The van der Waals surface area contributed by atoms with Gasteiger partial charge >= 0.3 is 0 Å². The first-order chi connectivity index (χ1) is 15.2. The molecule has 0 radical (unpaired) electrons. The predicted molar refractivity (Wildman–Crippen MR) is 131 cm³/mol. The van der Waals surface area contributed by atoms with Gasteiger partial charge in [-0.2, -0.15) is 0 Å². The van der Waals surface area contributed by atoms with E-state index in [9.17, 15) is 0 Å². The van der Waals surface area contributed by atoms with Crippen LogP contribution in [0.15, 0.2) is 72.8 Å². The minimum absolute atomic E-state index is 0.343. The van der Waals surface area contributed by atoms with E-state index in [4.69, 9.17) is 16.3 Å². The highest BCUT2D eigenvalue weighted by molar-refractivity contribution is 6.30. The average Bonchev–Trinajstić information content (AvgIpc) is 2.82. The van der Waals surface area contributed by atoms with Crippen LogP contribution in [0.5, 0.6) is 5.75 Å². The predicted octanol–water partition coefficient (Wildman–Crippen LogP) is 6.92. The first-order valence-electron chi connectivity index (χ1n) is 11.5. The van der Waals surface area contributed by atoms with Crippen LogP contribution in [0.4, 0.5) is 0 Å². The molecule has 0 heterocycles. The Labute approximate surface area is 191 Å². The van der Waals surface area contributed by atoms with E-state index in [-0.39, 0.29) is 0 Å². The second-order valence-corrected chi connectivity index (χ2v) is 8.75. The normalized spacial score (nSPS) is 18.1. The second-order valence-electron chi connectivity index (χ2n) is 8.32. The quantitative estimate of drug-likeness (QED) is 0.382. The van der Waals surface area contributed by atoms with Crippen LogP contribution in [0.2, 0.25) is 5.02 Å². The maximum absolute atomic E-state index is 6.17. The molecule has 0 spiro atoms. The molecule has 1 aliphatic carbocycles. The highest BCUT2D eigenvalue weighted by Crippen LogP contribution is 2.46. The topological polar surface area (TPSA) is 12.5 Å². The maximum Gasteiger partial charge on any atom is 0.119 e. The zero-order valence-electron chi connectivity index (χ0n) is 18.6. The van der Waals surface area contributed by atoms with Gasteiger partial charge < -0.3 is 9.64 Å². The number of benzene rings is 3. The fourth-order valence-electron chi connectivity index (χ4n) is 4.84. The summed E-state index contributed by atoms with van der Waals surface area (Å²) in [5.74, 6) is 1.74. The van der Waals surface area contributed by atoms with Crippen LogP contribution >= 0.6 is 11.6 Å². The molecule has 2 nitrogen and oxygen atoms in total. The van der Waals surface area contributed by atoms with Gasteiger partial charge in [0, 0.05) is 17.5 Å². The third-order valence-electron chi connectivity index (χ3n) is 6.63. The van der Waals surface area contributed by atoms with Gasteiger partial charge in [0.05, 0.1) is 0 Å². The van der Waals surface area contributed by atoms with Gasteiger partial charge in [0.2, 0.25) is 0 Å². The van der Waals surface area contributed by atoms with Crippen LogP contribution in [-0.4, -0.2) is 31.1 Å².